The number of carboxylic acid groups (broad SMARTS) is 1. The number of nitrogens with one attached hydrogen (secondary N) is 1. The molecule has 4 rings (SSSR count). The van der Waals surface area contributed by atoms with Crippen LogP contribution in [-0.4, -0.2) is 62.3 Å². The Kier molecular flexibility index (Phi) is 5.68. The van der Waals surface area contributed by atoms with Crippen LogP contribution in [0.1, 0.15) is 18.5 Å². The molecule has 0 saturated carbocycles. The first kappa shape index (κ1) is 19.9. The minimum absolute atomic E-state index is 0.0691. The van der Waals surface area contributed by atoms with E-state index in [1.54, 1.807) is 17.1 Å². The Morgan fingerprint density at radius 2 is 2.03 bits per heavy atom. The van der Waals surface area contributed by atoms with Gasteiger partial charge in [0, 0.05) is 37.6 Å². The summed E-state index contributed by atoms with van der Waals surface area (Å²) in [5, 5.41) is 21.2. The molecule has 156 valence electrons. The molecule has 1 saturated heterocycles. The van der Waals surface area contributed by atoms with Crippen LogP contribution in [0.5, 0.6) is 0 Å². The van der Waals surface area contributed by atoms with E-state index in [-0.39, 0.29) is 26.1 Å². The fourth-order valence-electron chi connectivity index (χ4n) is 3.43. The summed E-state index contributed by atoms with van der Waals surface area (Å²) in [5.41, 5.74) is 0.924. The van der Waals surface area contributed by atoms with E-state index in [1.807, 2.05) is 30.3 Å². The van der Waals surface area contributed by atoms with Gasteiger partial charge in [-0.15, -0.1) is 5.10 Å². The van der Waals surface area contributed by atoms with Crippen molar-refractivity contribution >= 4 is 22.8 Å². The van der Waals surface area contributed by atoms with Crippen LogP contribution in [0.3, 0.4) is 0 Å². The predicted octanol–water partition coefficient (Wildman–Crippen LogP) is 1.08. The largest absolute Gasteiger partial charge is 0.480 e. The first-order valence-corrected chi connectivity index (χ1v) is 9.53. The van der Waals surface area contributed by atoms with Gasteiger partial charge >= 0.3 is 5.97 Å². The van der Waals surface area contributed by atoms with Gasteiger partial charge in [-0.1, -0.05) is 23.4 Å². The highest BCUT2D eigenvalue weighted by Gasteiger charge is 2.41. The van der Waals surface area contributed by atoms with E-state index in [9.17, 15) is 14.7 Å². The third kappa shape index (κ3) is 4.14. The predicted molar refractivity (Wildman–Crippen MR) is 105 cm³/mol. The second kappa shape index (κ2) is 8.56. The number of ether oxygens (including phenoxy) is 2. The van der Waals surface area contributed by atoms with E-state index in [4.69, 9.17) is 9.47 Å². The number of hydrogen-bond donors (Lipinski definition) is 2. The number of rotatable bonds is 7. The lowest BCUT2D eigenvalue weighted by Crippen LogP contribution is -2.58. The van der Waals surface area contributed by atoms with Gasteiger partial charge in [-0.05, 0) is 12.1 Å². The van der Waals surface area contributed by atoms with E-state index in [2.05, 4.69) is 20.6 Å². The minimum atomic E-state index is -1.30. The molecule has 3 aromatic rings. The Bertz CT molecular complexity index is 1060. The molecule has 10 nitrogen and oxygen atoms in total. The molecular weight excluding hydrogens is 390 g/mol. The van der Waals surface area contributed by atoms with E-state index in [1.165, 1.54) is 0 Å². The summed E-state index contributed by atoms with van der Waals surface area (Å²) < 4.78 is 12.2. The number of nitrogens with zero attached hydrogens (tertiary/aromatic N) is 4. The zero-order valence-electron chi connectivity index (χ0n) is 16.2. The number of aliphatic carboxylic acids is 1. The van der Waals surface area contributed by atoms with Crippen LogP contribution >= 0.6 is 0 Å². The number of pyridine rings is 1. The molecule has 3 heterocycles. The monoisotopic (exact) mass is 411 g/mol. The van der Waals surface area contributed by atoms with Gasteiger partial charge in [0.15, 0.2) is 0 Å². The Morgan fingerprint density at radius 3 is 2.83 bits per heavy atom. The average Bonchev–Trinajstić information content (AvgIpc) is 3.22. The summed E-state index contributed by atoms with van der Waals surface area (Å²) in [5.74, 6) is -1.56. The third-order valence-corrected chi connectivity index (χ3v) is 5.03. The van der Waals surface area contributed by atoms with Gasteiger partial charge in [-0.2, -0.15) is 0 Å². The van der Waals surface area contributed by atoms with E-state index < -0.39 is 17.4 Å². The van der Waals surface area contributed by atoms with Crippen molar-refractivity contribution in [1.82, 2.24) is 25.3 Å². The zero-order chi connectivity index (χ0) is 21.0. The molecule has 0 atom stereocenters. The van der Waals surface area contributed by atoms with E-state index >= 15 is 0 Å². The lowest BCUT2D eigenvalue weighted by molar-refractivity contribution is -0.153. The molecule has 30 heavy (non-hydrogen) atoms. The number of carboxylic acids is 1. The maximum absolute atomic E-state index is 12.2. The summed E-state index contributed by atoms with van der Waals surface area (Å²) in [6.07, 6.45) is 3.87. The normalized spacial score (nSPS) is 15.7. The molecule has 1 fully saturated rings. The maximum Gasteiger partial charge on any atom is 0.329 e. The van der Waals surface area contributed by atoms with Gasteiger partial charge in [0.2, 0.25) is 5.91 Å². The van der Waals surface area contributed by atoms with Crippen molar-refractivity contribution in [3.8, 4) is 5.69 Å². The molecule has 1 aliphatic rings. The Balaban J connectivity index is 1.36. The Labute approximate surface area is 171 Å². The van der Waals surface area contributed by atoms with Gasteiger partial charge in [0.05, 0.1) is 24.0 Å². The first-order valence-electron chi connectivity index (χ1n) is 9.53. The molecule has 10 heteroatoms. The van der Waals surface area contributed by atoms with Crippen LogP contribution in [0.25, 0.3) is 16.6 Å². The molecular formula is C20H21N5O5. The molecule has 0 radical (unpaired) electrons. The zero-order valence-corrected chi connectivity index (χ0v) is 16.2. The molecule has 0 aliphatic carbocycles. The summed E-state index contributed by atoms with van der Waals surface area (Å²) in [6.45, 7) is 0.376. The van der Waals surface area contributed by atoms with Crippen molar-refractivity contribution in [2.24, 2.45) is 0 Å². The van der Waals surface area contributed by atoms with Crippen LogP contribution in [0.4, 0.5) is 0 Å². The van der Waals surface area contributed by atoms with Crippen LogP contribution in [0.2, 0.25) is 0 Å². The van der Waals surface area contributed by atoms with E-state index in [0.717, 1.165) is 16.6 Å². The van der Waals surface area contributed by atoms with Gasteiger partial charge in [-0.25, -0.2) is 9.48 Å². The van der Waals surface area contributed by atoms with Crippen LogP contribution in [0.15, 0.2) is 42.7 Å². The summed E-state index contributed by atoms with van der Waals surface area (Å²) in [4.78, 5) is 28.1. The summed E-state index contributed by atoms with van der Waals surface area (Å²) >= 11 is 0. The van der Waals surface area contributed by atoms with Crippen molar-refractivity contribution < 1.29 is 24.2 Å². The number of carbonyl (C=O) groups is 2. The number of carbonyl (C=O) groups excluding carboxylic acids is 1. The molecule has 2 aromatic heterocycles. The lowest BCUT2D eigenvalue weighted by atomic mass is 9.90. The van der Waals surface area contributed by atoms with Crippen LogP contribution in [-0.2, 0) is 25.7 Å². The quantitative estimate of drug-likeness (QED) is 0.591. The molecule has 1 amide bonds. The van der Waals surface area contributed by atoms with Crippen molar-refractivity contribution in [3.63, 3.8) is 0 Å². The third-order valence-electron chi connectivity index (χ3n) is 5.03. The highest BCUT2D eigenvalue weighted by atomic mass is 16.5. The fourth-order valence-corrected chi connectivity index (χ4v) is 3.43. The molecule has 2 N–H and O–H groups in total. The number of para-hydroxylation sites is 1. The highest BCUT2D eigenvalue weighted by molar-refractivity contribution is 5.88. The highest BCUT2D eigenvalue weighted by Crippen LogP contribution is 2.21. The average molecular weight is 411 g/mol. The number of fused-ring (bicyclic) bond motifs is 1. The van der Waals surface area contributed by atoms with Gasteiger partial charge in [0.1, 0.15) is 17.8 Å². The Morgan fingerprint density at radius 1 is 1.23 bits per heavy atom. The SMILES string of the molecule is O=C(COCc1cn(-c2ccnc3ccccc23)nn1)NC1(C(=O)O)CCOCC1. The second-order valence-electron chi connectivity index (χ2n) is 7.04. The Hall–Kier alpha value is -3.37. The number of benzene rings is 1. The smallest absolute Gasteiger partial charge is 0.329 e. The second-order valence-corrected chi connectivity index (χ2v) is 7.04. The standard InChI is InChI=1S/C20H21N5O5/c26-18(22-20(19(27)28)6-9-29-10-7-20)13-30-12-14-11-25(24-23-14)17-5-8-21-16-4-2-1-3-15(16)17/h1-5,8,11H,6-7,9-10,12-13H2,(H,22,26)(H,27,28). The van der Waals surface area contributed by atoms with Gasteiger partial charge < -0.3 is 19.9 Å². The van der Waals surface area contributed by atoms with Crippen molar-refractivity contribution in [1.29, 1.82) is 0 Å². The maximum atomic E-state index is 12.2. The topological polar surface area (TPSA) is 128 Å². The number of hydrogen-bond acceptors (Lipinski definition) is 7. The molecule has 0 bridgehead atoms. The lowest BCUT2D eigenvalue weighted by Gasteiger charge is -2.33. The summed E-state index contributed by atoms with van der Waals surface area (Å²) in [6, 6.07) is 9.55. The fraction of sp³-hybridized carbons (Fsp3) is 0.350. The molecule has 1 aliphatic heterocycles. The van der Waals surface area contributed by atoms with Gasteiger partial charge in [0.25, 0.3) is 0 Å². The van der Waals surface area contributed by atoms with Gasteiger partial charge in [-0.3, -0.25) is 9.78 Å². The van der Waals surface area contributed by atoms with Crippen molar-refractivity contribution in [3.05, 3.63) is 48.4 Å². The number of aromatic nitrogens is 4. The molecule has 1 aromatic carbocycles. The van der Waals surface area contributed by atoms with E-state index in [0.29, 0.717) is 18.9 Å². The minimum Gasteiger partial charge on any atom is -0.480 e. The van der Waals surface area contributed by atoms with Crippen molar-refractivity contribution in [2.45, 2.75) is 25.0 Å². The first-order chi connectivity index (χ1) is 14.6. The van der Waals surface area contributed by atoms with Crippen LogP contribution in [0, 0.1) is 0 Å². The van der Waals surface area contributed by atoms with Crippen LogP contribution < -0.4 is 5.32 Å². The van der Waals surface area contributed by atoms with Crippen molar-refractivity contribution in [2.75, 3.05) is 19.8 Å². The molecule has 0 spiro atoms. The molecule has 0 unspecified atom stereocenters. The number of amides is 1. The summed E-state index contributed by atoms with van der Waals surface area (Å²) in [7, 11) is 0.